The first-order valence-electron chi connectivity index (χ1n) is 7.08. The van der Waals surface area contributed by atoms with E-state index in [9.17, 15) is 9.90 Å². The Labute approximate surface area is 103 Å². The molecule has 0 aliphatic heterocycles. The van der Waals surface area contributed by atoms with Crippen LogP contribution in [-0.4, -0.2) is 16.5 Å². The molecule has 0 amide bonds. The van der Waals surface area contributed by atoms with Gasteiger partial charge in [0.1, 0.15) is 0 Å². The number of hydrogen-bond donors (Lipinski definition) is 1. The summed E-state index contributed by atoms with van der Waals surface area (Å²) in [5.41, 5.74) is 0.840. The fourth-order valence-corrected chi connectivity index (χ4v) is 4.23. The molecule has 0 aromatic rings. The number of allylic oxidation sites excluding steroid dienone is 1. The Kier molecular flexibility index (Phi) is 2.66. The topological polar surface area (TPSA) is 37.3 Å². The van der Waals surface area contributed by atoms with Gasteiger partial charge in [-0.25, -0.2) is 0 Å². The smallest absolute Gasteiger partial charge is 0.155 e. The van der Waals surface area contributed by atoms with Crippen LogP contribution in [0.1, 0.15) is 64.2 Å². The first-order chi connectivity index (χ1) is 8.12. The number of rotatable bonds is 1. The molecule has 2 nitrogen and oxygen atoms in total. The van der Waals surface area contributed by atoms with Gasteiger partial charge < -0.3 is 5.11 Å². The van der Waals surface area contributed by atoms with Gasteiger partial charge in [0.05, 0.1) is 5.60 Å². The van der Waals surface area contributed by atoms with Crippen molar-refractivity contribution < 1.29 is 9.90 Å². The SMILES string of the molecule is O=C1C=C(C2(O)CC3(CCCCC3)C2)CCC1. The van der Waals surface area contributed by atoms with Gasteiger partial charge in [0, 0.05) is 6.42 Å². The predicted molar refractivity (Wildman–Crippen MR) is 66.6 cm³/mol. The summed E-state index contributed by atoms with van der Waals surface area (Å²) in [4.78, 5) is 11.4. The monoisotopic (exact) mass is 234 g/mol. The van der Waals surface area contributed by atoms with Gasteiger partial charge in [-0.3, -0.25) is 4.79 Å². The minimum absolute atomic E-state index is 0.212. The van der Waals surface area contributed by atoms with Crippen LogP contribution in [0.3, 0.4) is 0 Å². The van der Waals surface area contributed by atoms with Crippen LogP contribution < -0.4 is 0 Å². The van der Waals surface area contributed by atoms with Crippen molar-refractivity contribution in [2.75, 3.05) is 0 Å². The predicted octanol–water partition coefficient (Wildman–Crippen LogP) is 3.14. The average molecular weight is 234 g/mol. The zero-order valence-electron chi connectivity index (χ0n) is 10.5. The number of aliphatic hydroxyl groups is 1. The number of carbonyl (C=O) groups is 1. The lowest BCUT2D eigenvalue weighted by Gasteiger charge is -2.56. The van der Waals surface area contributed by atoms with Crippen molar-refractivity contribution >= 4 is 5.78 Å². The van der Waals surface area contributed by atoms with Crippen LogP contribution >= 0.6 is 0 Å². The fourth-order valence-electron chi connectivity index (χ4n) is 4.23. The molecule has 0 aromatic carbocycles. The highest BCUT2D eigenvalue weighted by Crippen LogP contribution is 2.59. The molecule has 0 aromatic heterocycles. The van der Waals surface area contributed by atoms with Crippen LogP contribution in [-0.2, 0) is 4.79 Å². The molecule has 17 heavy (non-hydrogen) atoms. The lowest BCUT2D eigenvalue weighted by molar-refractivity contribution is -0.124. The average Bonchev–Trinajstić information content (AvgIpc) is 2.28. The normalized spacial score (nSPS) is 30.9. The summed E-state index contributed by atoms with van der Waals surface area (Å²) < 4.78 is 0. The third-order valence-electron chi connectivity index (χ3n) is 5.05. The molecule has 0 heterocycles. The van der Waals surface area contributed by atoms with E-state index >= 15 is 0 Å². The van der Waals surface area contributed by atoms with Gasteiger partial charge in [-0.2, -0.15) is 0 Å². The van der Waals surface area contributed by atoms with Crippen LogP contribution in [0.15, 0.2) is 11.6 Å². The van der Waals surface area contributed by atoms with Gasteiger partial charge in [-0.05, 0) is 55.6 Å². The molecule has 0 atom stereocenters. The molecule has 1 N–H and O–H groups in total. The second-order valence-electron chi connectivity index (χ2n) is 6.44. The maximum atomic E-state index is 11.4. The molecule has 0 radical (unpaired) electrons. The van der Waals surface area contributed by atoms with E-state index in [0.29, 0.717) is 11.8 Å². The van der Waals surface area contributed by atoms with E-state index < -0.39 is 5.60 Å². The molecule has 0 bridgehead atoms. The summed E-state index contributed by atoms with van der Waals surface area (Å²) in [6.07, 6.45) is 12.7. The van der Waals surface area contributed by atoms with Gasteiger partial charge in [0.25, 0.3) is 0 Å². The first kappa shape index (κ1) is 11.5. The van der Waals surface area contributed by atoms with E-state index in [0.717, 1.165) is 31.3 Å². The van der Waals surface area contributed by atoms with Gasteiger partial charge in [0.2, 0.25) is 0 Å². The summed E-state index contributed by atoms with van der Waals surface area (Å²) in [5, 5.41) is 10.6. The quantitative estimate of drug-likeness (QED) is 0.756. The fraction of sp³-hybridized carbons (Fsp3) is 0.800. The highest BCUT2D eigenvalue weighted by atomic mass is 16.3. The lowest BCUT2D eigenvalue weighted by Crippen LogP contribution is -2.54. The third-order valence-corrected chi connectivity index (χ3v) is 5.05. The van der Waals surface area contributed by atoms with Crippen molar-refractivity contribution in [2.24, 2.45) is 5.41 Å². The Bertz CT molecular complexity index is 353. The Morgan fingerprint density at radius 1 is 1.00 bits per heavy atom. The zero-order chi connectivity index (χ0) is 11.9. The van der Waals surface area contributed by atoms with E-state index in [1.165, 1.54) is 32.1 Å². The van der Waals surface area contributed by atoms with E-state index in [2.05, 4.69) is 0 Å². The summed E-state index contributed by atoms with van der Waals surface area (Å²) in [6, 6.07) is 0. The first-order valence-corrected chi connectivity index (χ1v) is 7.08. The number of hydrogen-bond acceptors (Lipinski definition) is 2. The summed E-state index contributed by atoms with van der Waals surface area (Å²) in [7, 11) is 0. The molecule has 2 heteroatoms. The van der Waals surface area contributed by atoms with Crippen molar-refractivity contribution in [2.45, 2.75) is 69.8 Å². The molecule has 2 saturated carbocycles. The summed E-state index contributed by atoms with van der Waals surface area (Å²) >= 11 is 0. The van der Waals surface area contributed by atoms with E-state index in [4.69, 9.17) is 0 Å². The Balaban J connectivity index is 1.71. The van der Waals surface area contributed by atoms with E-state index in [1.807, 2.05) is 0 Å². The zero-order valence-corrected chi connectivity index (χ0v) is 10.5. The van der Waals surface area contributed by atoms with Crippen LogP contribution in [0.25, 0.3) is 0 Å². The maximum Gasteiger partial charge on any atom is 0.155 e. The largest absolute Gasteiger partial charge is 0.385 e. The Hall–Kier alpha value is -0.630. The molecule has 2 fully saturated rings. The molecular weight excluding hydrogens is 212 g/mol. The van der Waals surface area contributed by atoms with Crippen LogP contribution in [0.5, 0.6) is 0 Å². The maximum absolute atomic E-state index is 11.4. The molecular formula is C15H22O2. The standard InChI is InChI=1S/C15H22O2/c16-13-6-4-5-12(9-13)15(17)10-14(11-15)7-2-1-3-8-14/h9,17H,1-8,10-11H2. The molecule has 1 spiro atoms. The highest BCUT2D eigenvalue weighted by molar-refractivity contribution is 5.91. The molecule has 0 unspecified atom stereocenters. The van der Waals surface area contributed by atoms with Gasteiger partial charge in [-0.15, -0.1) is 0 Å². The Morgan fingerprint density at radius 2 is 1.71 bits per heavy atom. The molecule has 94 valence electrons. The summed E-state index contributed by atoms with van der Waals surface area (Å²) in [5.74, 6) is 0.212. The van der Waals surface area contributed by atoms with Gasteiger partial charge >= 0.3 is 0 Å². The van der Waals surface area contributed by atoms with Crippen LogP contribution in [0.4, 0.5) is 0 Å². The van der Waals surface area contributed by atoms with Gasteiger partial charge in [-0.1, -0.05) is 19.3 Å². The van der Waals surface area contributed by atoms with Crippen molar-refractivity contribution in [1.82, 2.24) is 0 Å². The van der Waals surface area contributed by atoms with Gasteiger partial charge in [0.15, 0.2) is 5.78 Å². The molecule has 3 aliphatic carbocycles. The second kappa shape index (κ2) is 3.94. The second-order valence-corrected chi connectivity index (χ2v) is 6.44. The van der Waals surface area contributed by atoms with Crippen molar-refractivity contribution in [3.63, 3.8) is 0 Å². The Morgan fingerprint density at radius 3 is 2.35 bits per heavy atom. The molecule has 3 aliphatic rings. The van der Waals surface area contributed by atoms with Crippen LogP contribution in [0, 0.1) is 5.41 Å². The van der Waals surface area contributed by atoms with Crippen molar-refractivity contribution in [1.29, 1.82) is 0 Å². The highest BCUT2D eigenvalue weighted by Gasteiger charge is 2.55. The minimum atomic E-state index is -0.618. The van der Waals surface area contributed by atoms with Crippen molar-refractivity contribution in [3.05, 3.63) is 11.6 Å². The number of ketones is 1. The molecule has 3 rings (SSSR count). The van der Waals surface area contributed by atoms with E-state index in [1.54, 1.807) is 6.08 Å². The minimum Gasteiger partial charge on any atom is -0.385 e. The third kappa shape index (κ3) is 1.97. The lowest BCUT2D eigenvalue weighted by atomic mass is 9.51. The summed E-state index contributed by atoms with van der Waals surface area (Å²) in [6.45, 7) is 0. The van der Waals surface area contributed by atoms with E-state index in [-0.39, 0.29) is 5.78 Å². The number of carbonyl (C=O) groups excluding carboxylic acids is 1. The van der Waals surface area contributed by atoms with Crippen molar-refractivity contribution in [3.8, 4) is 0 Å². The van der Waals surface area contributed by atoms with Crippen LogP contribution in [0.2, 0.25) is 0 Å². The molecule has 0 saturated heterocycles.